The highest BCUT2D eigenvalue weighted by atomic mass is 16.5. The molecule has 2 aliphatic carbocycles. The maximum Gasteiger partial charge on any atom is 0.262 e. The van der Waals surface area contributed by atoms with Crippen molar-refractivity contribution < 1.29 is 19.1 Å². The Morgan fingerprint density at radius 2 is 1.47 bits per heavy atom. The molecule has 3 aliphatic rings. The predicted octanol–water partition coefficient (Wildman–Crippen LogP) is 4.75. The Morgan fingerprint density at radius 3 is 2.06 bits per heavy atom. The Labute approximate surface area is 199 Å². The molecule has 34 heavy (non-hydrogen) atoms. The van der Waals surface area contributed by atoms with E-state index in [2.05, 4.69) is 10.2 Å². The summed E-state index contributed by atoms with van der Waals surface area (Å²) in [6, 6.07) is 16.7. The number of benzene rings is 2. The van der Waals surface area contributed by atoms with Gasteiger partial charge in [-0.05, 0) is 55.5 Å². The van der Waals surface area contributed by atoms with Gasteiger partial charge < -0.3 is 15.0 Å². The maximum atomic E-state index is 13.0. The molecule has 1 N–H and O–H groups in total. The molecule has 6 heteroatoms. The van der Waals surface area contributed by atoms with E-state index in [4.69, 9.17) is 4.74 Å². The van der Waals surface area contributed by atoms with Crippen molar-refractivity contribution in [1.29, 1.82) is 0 Å². The summed E-state index contributed by atoms with van der Waals surface area (Å²) in [6.45, 7) is -0.107. The van der Waals surface area contributed by atoms with Crippen LogP contribution in [0.15, 0.2) is 77.1 Å². The Hall–Kier alpha value is -3.67. The van der Waals surface area contributed by atoms with Crippen molar-refractivity contribution in [2.75, 3.05) is 19.0 Å². The fraction of sp³-hybridized carbons (Fsp3) is 0.321. The molecule has 1 amide bonds. The largest absolute Gasteiger partial charge is 0.484 e. The fourth-order valence-corrected chi connectivity index (χ4v) is 5.31. The number of hydrogen-bond acceptors (Lipinski definition) is 5. The van der Waals surface area contributed by atoms with E-state index in [9.17, 15) is 14.4 Å². The number of para-hydroxylation sites is 1. The number of amides is 1. The van der Waals surface area contributed by atoms with E-state index in [0.29, 0.717) is 18.6 Å². The number of hydrogen-bond donors (Lipinski definition) is 1. The maximum absolute atomic E-state index is 13.0. The van der Waals surface area contributed by atoms with Gasteiger partial charge in [0.2, 0.25) is 0 Å². The molecular formula is C28H28N2O4. The third-order valence-electron chi connectivity index (χ3n) is 6.89. The number of Topliss-reactive ketones (excluding diaryl/α,β-unsaturated/α-hetero) is 2. The lowest BCUT2D eigenvalue weighted by Crippen LogP contribution is -2.37. The van der Waals surface area contributed by atoms with E-state index in [0.717, 1.165) is 59.5 Å². The van der Waals surface area contributed by atoms with Crippen LogP contribution >= 0.6 is 0 Å². The van der Waals surface area contributed by atoms with E-state index in [1.807, 2.05) is 61.6 Å². The molecule has 1 heterocycles. The number of nitrogens with one attached hydrogen (secondary N) is 1. The summed E-state index contributed by atoms with van der Waals surface area (Å²) < 4.78 is 5.68. The topological polar surface area (TPSA) is 75.7 Å². The summed E-state index contributed by atoms with van der Waals surface area (Å²) >= 11 is 0. The first kappa shape index (κ1) is 22.1. The highest BCUT2D eigenvalue weighted by Crippen LogP contribution is 2.48. The second kappa shape index (κ2) is 9.29. The Bertz CT molecular complexity index is 1150. The lowest BCUT2D eigenvalue weighted by atomic mass is 9.71. The van der Waals surface area contributed by atoms with Gasteiger partial charge in [0.15, 0.2) is 18.2 Å². The van der Waals surface area contributed by atoms with Crippen molar-refractivity contribution in [1.82, 2.24) is 4.90 Å². The monoisotopic (exact) mass is 456 g/mol. The van der Waals surface area contributed by atoms with Gasteiger partial charge in [0.05, 0.1) is 0 Å². The predicted molar refractivity (Wildman–Crippen MR) is 129 cm³/mol. The number of allylic oxidation sites excluding steroid dienone is 4. The third kappa shape index (κ3) is 4.16. The van der Waals surface area contributed by atoms with E-state index in [-0.39, 0.29) is 30.0 Å². The van der Waals surface area contributed by atoms with Crippen molar-refractivity contribution in [2.45, 2.75) is 44.4 Å². The zero-order valence-electron chi connectivity index (χ0n) is 19.3. The van der Waals surface area contributed by atoms with Crippen LogP contribution in [0.2, 0.25) is 0 Å². The molecule has 0 radical (unpaired) electrons. The molecule has 0 aromatic heterocycles. The first-order valence-corrected chi connectivity index (χ1v) is 11.9. The number of anilines is 1. The SMILES string of the molecule is CN1C2=C(C(=O)CCC2)C(c2ccc(OCC(=O)Nc3ccccc3)cc2)C2=C1CCCC2=O. The second-order valence-corrected chi connectivity index (χ2v) is 9.04. The molecule has 0 saturated heterocycles. The zero-order chi connectivity index (χ0) is 23.7. The Kier molecular flexibility index (Phi) is 6.05. The molecule has 0 saturated carbocycles. The quantitative estimate of drug-likeness (QED) is 0.703. The lowest BCUT2D eigenvalue weighted by molar-refractivity contribution is -0.118. The van der Waals surface area contributed by atoms with Crippen LogP contribution in [0.4, 0.5) is 5.69 Å². The fourth-order valence-electron chi connectivity index (χ4n) is 5.31. The average molecular weight is 457 g/mol. The number of ketones is 2. The van der Waals surface area contributed by atoms with Crippen LogP contribution in [0.1, 0.15) is 50.0 Å². The zero-order valence-corrected chi connectivity index (χ0v) is 19.3. The third-order valence-corrected chi connectivity index (χ3v) is 6.89. The van der Waals surface area contributed by atoms with Gasteiger partial charge in [0.1, 0.15) is 5.75 Å². The van der Waals surface area contributed by atoms with Crippen molar-refractivity contribution in [2.24, 2.45) is 0 Å². The van der Waals surface area contributed by atoms with Crippen LogP contribution in [0.3, 0.4) is 0 Å². The van der Waals surface area contributed by atoms with Gasteiger partial charge in [-0.25, -0.2) is 0 Å². The second-order valence-electron chi connectivity index (χ2n) is 9.04. The van der Waals surface area contributed by atoms with E-state index in [1.54, 1.807) is 0 Å². The molecule has 174 valence electrons. The normalized spacial score (nSPS) is 18.6. The smallest absolute Gasteiger partial charge is 0.262 e. The number of nitrogens with zero attached hydrogens (tertiary/aromatic N) is 1. The van der Waals surface area contributed by atoms with Gasteiger partial charge in [-0.1, -0.05) is 30.3 Å². The molecule has 5 rings (SSSR count). The molecule has 0 fully saturated rings. The molecule has 2 aromatic rings. The minimum atomic E-state index is -0.322. The first-order valence-electron chi connectivity index (χ1n) is 11.9. The molecule has 0 spiro atoms. The van der Waals surface area contributed by atoms with Crippen LogP contribution < -0.4 is 10.1 Å². The van der Waals surface area contributed by atoms with Gasteiger partial charge in [0.25, 0.3) is 5.91 Å². The van der Waals surface area contributed by atoms with E-state index >= 15 is 0 Å². The molecule has 0 bridgehead atoms. The molecule has 2 aromatic carbocycles. The van der Waals surface area contributed by atoms with Crippen molar-refractivity contribution in [3.8, 4) is 5.75 Å². The van der Waals surface area contributed by atoms with Crippen LogP contribution in [0.25, 0.3) is 0 Å². The van der Waals surface area contributed by atoms with E-state index < -0.39 is 0 Å². The van der Waals surface area contributed by atoms with Gasteiger partial charge >= 0.3 is 0 Å². The molecule has 1 aliphatic heterocycles. The summed E-state index contributed by atoms with van der Waals surface area (Å²) in [5.41, 5.74) is 5.31. The van der Waals surface area contributed by atoms with E-state index in [1.165, 1.54) is 0 Å². The highest BCUT2D eigenvalue weighted by Gasteiger charge is 2.42. The minimum absolute atomic E-state index is 0.107. The summed E-state index contributed by atoms with van der Waals surface area (Å²) in [5.74, 6) is 0.281. The minimum Gasteiger partial charge on any atom is -0.484 e. The summed E-state index contributed by atoms with van der Waals surface area (Å²) in [5, 5.41) is 2.80. The Morgan fingerprint density at radius 1 is 0.882 bits per heavy atom. The molecular weight excluding hydrogens is 428 g/mol. The standard InChI is InChI=1S/C28H28N2O4/c1-30-21-9-5-11-23(31)27(21)26(28-22(30)10-6-12-24(28)32)18-13-15-20(16-14-18)34-17-25(33)29-19-7-3-2-4-8-19/h2-4,7-8,13-16,26H,5-6,9-12,17H2,1H3,(H,29,33). The number of ether oxygens (including phenoxy) is 1. The average Bonchev–Trinajstić information content (AvgIpc) is 2.85. The van der Waals surface area contributed by atoms with Crippen molar-refractivity contribution >= 4 is 23.2 Å². The van der Waals surface area contributed by atoms with Gasteiger partial charge in [-0.2, -0.15) is 0 Å². The summed E-state index contributed by atoms with van der Waals surface area (Å²) in [7, 11) is 2.00. The van der Waals surface area contributed by atoms with Gasteiger partial charge in [-0.15, -0.1) is 0 Å². The van der Waals surface area contributed by atoms with Gasteiger partial charge in [0, 0.05) is 54.0 Å². The summed E-state index contributed by atoms with van der Waals surface area (Å²) in [4.78, 5) is 40.4. The van der Waals surface area contributed by atoms with Crippen molar-refractivity contribution in [3.63, 3.8) is 0 Å². The first-order chi connectivity index (χ1) is 16.5. The number of rotatable bonds is 5. The van der Waals surface area contributed by atoms with Crippen LogP contribution in [-0.2, 0) is 14.4 Å². The lowest BCUT2D eigenvalue weighted by Gasteiger charge is -2.42. The number of carbonyl (C=O) groups is 3. The number of carbonyl (C=O) groups excluding carboxylic acids is 3. The van der Waals surface area contributed by atoms with Crippen LogP contribution in [-0.4, -0.2) is 36.0 Å². The molecule has 6 nitrogen and oxygen atoms in total. The van der Waals surface area contributed by atoms with Gasteiger partial charge in [-0.3, -0.25) is 14.4 Å². The summed E-state index contributed by atoms with van der Waals surface area (Å²) in [6.07, 6.45) is 4.47. The molecule has 0 atom stereocenters. The highest BCUT2D eigenvalue weighted by molar-refractivity contribution is 6.06. The Balaban J connectivity index is 1.38. The van der Waals surface area contributed by atoms with Crippen LogP contribution in [0.5, 0.6) is 5.75 Å². The van der Waals surface area contributed by atoms with Crippen molar-refractivity contribution in [3.05, 3.63) is 82.7 Å². The van der Waals surface area contributed by atoms with Crippen LogP contribution in [0, 0.1) is 0 Å². The molecule has 0 unspecified atom stereocenters.